The van der Waals surface area contributed by atoms with Crippen LogP contribution in [0.25, 0.3) is 0 Å². The highest BCUT2D eigenvalue weighted by Crippen LogP contribution is 2.14. The first kappa shape index (κ1) is 26.9. The Morgan fingerprint density at radius 3 is 2.12 bits per heavy atom. The monoisotopic (exact) mass is 451 g/mol. The van der Waals surface area contributed by atoms with Crippen molar-refractivity contribution in [1.29, 1.82) is 0 Å². The van der Waals surface area contributed by atoms with E-state index in [1.807, 2.05) is 6.07 Å². The number of ether oxygens (including phenoxy) is 1. The lowest BCUT2D eigenvalue weighted by molar-refractivity contribution is -0.166. The Bertz CT molecular complexity index is 805. The second kappa shape index (κ2) is 10.9. The average Bonchev–Trinajstić information content (AvgIpc) is 2.65. The summed E-state index contributed by atoms with van der Waals surface area (Å²) < 4.78 is 5.42. The first-order valence-corrected chi connectivity index (χ1v) is 10.2. The van der Waals surface area contributed by atoms with E-state index in [9.17, 15) is 29.4 Å². The number of amides is 3. The van der Waals surface area contributed by atoms with Gasteiger partial charge in [-0.15, -0.1) is 0 Å². The zero-order valence-electron chi connectivity index (χ0n) is 19.1. The maximum absolute atomic E-state index is 13.0. The lowest BCUT2D eigenvalue weighted by Gasteiger charge is -2.32. The molecule has 1 aromatic rings. The van der Waals surface area contributed by atoms with Crippen molar-refractivity contribution in [2.45, 2.75) is 58.3 Å². The molecule has 0 radical (unpaired) electrons. The van der Waals surface area contributed by atoms with Crippen molar-refractivity contribution >= 4 is 23.9 Å². The molecule has 10 heteroatoms. The number of nitrogens with zero attached hydrogens (tertiary/aromatic N) is 1. The van der Waals surface area contributed by atoms with E-state index in [0.29, 0.717) is 0 Å². The molecule has 2 atom stereocenters. The lowest BCUT2D eigenvalue weighted by atomic mass is 10.0. The first-order valence-electron chi connectivity index (χ1n) is 10.2. The van der Waals surface area contributed by atoms with Crippen LogP contribution in [0.4, 0.5) is 4.79 Å². The predicted molar refractivity (Wildman–Crippen MR) is 117 cm³/mol. The van der Waals surface area contributed by atoms with Crippen LogP contribution < -0.4 is 11.1 Å². The molecule has 0 bridgehead atoms. The van der Waals surface area contributed by atoms with Crippen molar-refractivity contribution in [3.8, 4) is 0 Å². The Labute approximate surface area is 187 Å². The summed E-state index contributed by atoms with van der Waals surface area (Å²) in [5.41, 5.74) is 2.05. The molecular weight excluding hydrogens is 418 g/mol. The van der Waals surface area contributed by atoms with Gasteiger partial charge in [-0.3, -0.25) is 4.79 Å². The molecule has 10 nitrogen and oxygen atoms in total. The lowest BCUT2D eigenvalue weighted by Crippen LogP contribution is -2.61. The number of hydrogen-bond donors (Lipinski definition) is 4. The molecule has 3 amide bonds. The van der Waals surface area contributed by atoms with Gasteiger partial charge in [0.05, 0.1) is 6.54 Å². The van der Waals surface area contributed by atoms with E-state index in [1.54, 1.807) is 58.9 Å². The van der Waals surface area contributed by atoms with E-state index >= 15 is 0 Å². The molecule has 0 fully saturated rings. The molecule has 0 saturated heterocycles. The SMILES string of the molecule is CC(C)CN(CC(O)(C(N)=O)C(=O)O)C(=O)NC(Cc1ccccc1)C(=O)OC(C)(C)C. The zero-order chi connectivity index (χ0) is 24.7. The van der Waals surface area contributed by atoms with E-state index in [1.165, 1.54) is 0 Å². The number of carbonyl (C=O) groups excluding carboxylic acids is 3. The van der Waals surface area contributed by atoms with Crippen molar-refractivity contribution < 1.29 is 34.1 Å². The largest absolute Gasteiger partial charge is 0.479 e. The van der Waals surface area contributed by atoms with Crippen LogP contribution in [-0.2, 0) is 25.5 Å². The molecule has 32 heavy (non-hydrogen) atoms. The number of carbonyl (C=O) groups is 4. The highest BCUT2D eigenvalue weighted by molar-refractivity contribution is 6.05. The van der Waals surface area contributed by atoms with Gasteiger partial charge in [-0.05, 0) is 32.3 Å². The van der Waals surface area contributed by atoms with E-state index in [2.05, 4.69) is 5.32 Å². The van der Waals surface area contributed by atoms with Crippen LogP contribution in [-0.4, -0.2) is 69.3 Å². The normalized spacial score (nSPS) is 14.2. The number of hydrogen-bond acceptors (Lipinski definition) is 6. The van der Waals surface area contributed by atoms with Gasteiger partial charge >= 0.3 is 18.0 Å². The standard InChI is InChI=1S/C22H33N3O7/c1-14(2)12-25(13-22(31,18(23)27)19(28)29)20(30)24-16(17(26)32-21(3,4)5)11-15-9-7-6-8-10-15/h6-10,14,16,31H,11-13H2,1-5H3,(H2,23,27)(H,24,30)(H,28,29). The number of aliphatic carboxylic acids is 1. The van der Waals surface area contributed by atoms with Crippen molar-refractivity contribution in [3.05, 3.63) is 35.9 Å². The maximum atomic E-state index is 13.0. The summed E-state index contributed by atoms with van der Waals surface area (Å²) in [4.78, 5) is 49.8. The second-order valence-corrected chi connectivity index (χ2v) is 9.03. The Morgan fingerprint density at radius 2 is 1.69 bits per heavy atom. The number of benzene rings is 1. The van der Waals surface area contributed by atoms with Crippen LogP contribution in [0.2, 0.25) is 0 Å². The van der Waals surface area contributed by atoms with Crippen LogP contribution in [0, 0.1) is 5.92 Å². The van der Waals surface area contributed by atoms with Crippen molar-refractivity contribution in [3.63, 3.8) is 0 Å². The molecule has 0 heterocycles. The van der Waals surface area contributed by atoms with Gasteiger partial charge in [0.2, 0.25) is 0 Å². The summed E-state index contributed by atoms with van der Waals surface area (Å²) in [5, 5.41) is 22.1. The second-order valence-electron chi connectivity index (χ2n) is 9.03. The summed E-state index contributed by atoms with van der Waals surface area (Å²) in [6.45, 7) is 7.72. The Morgan fingerprint density at radius 1 is 1.12 bits per heavy atom. The number of carboxylic acids is 1. The summed E-state index contributed by atoms with van der Waals surface area (Å²) in [7, 11) is 0. The molecular formula is C22H33N3O7. The van der Waals surface area contributed by atoms with Crippen LogP contribution in [0.3, 0.4) is 0 Å². The van der Waals surface area contributed by atoms with Gasteiger partial charge in [0.25, 0.3) is 11.5 Å². The van der Waals surface area contributed by atoms with Crippen molar-refractivity contribution in [1.82, 2.24) is 10.2 Å². The van der Waals surface area contributed by atoms with Crippen molar-refractivity contribution in [2.24, 2.45) is 11.7 Å². The molecule has 0 spiro atoms. The van der Waals surface area contributed by atoms with Crippen LogP contribution in [0.5, 0.6) is 0 Å². The summed E-state index contributed by atoms with van der Waals surface area (Å²) in [5.74, 6) is -4.19. The maximum Gasteiger partial charge on any atom is 0.347 e. The highest BCUT2D eigenvalue weighted by Gasteiger charge is 2.45. The van der Waals surface area contributed by atoms with Crippen LogP contribution in [0.1, 0.15) is 40.2 Å². The van der Waals surface area contributed by atoms with E-state index < -0.39 is 47.7 Å². The summed E-state index contributed by atoms with van der Waals surface area (Å²) in [6.07, 6.45) is 0.121. The molecule has 178 valence electrons. The van der Waals surface area contributed by atoms with Gasteiger partial charge in [0, 0.05) is 13.0 Å². The number of primary amides is 1. The Balaban J connectivity index is 3.18. The summed E-state index contributed by atoms with van der Waals surface area (Å²) >= 11 is 0. The van der Waals surface area contributed by atoms with Gasteiger partial charge in [0.1, 0.15) is 11.6 Å². The van der Waals surface area contributed by atoms with E-state index in [4.69, 9.17) is 10.5 Å². The minimum atomic E-state index is -2.98. The fraction of sp³-hybridized carbons (Fsp3) is 0.545. The Hall–Kier alpha value is -3.14. The summed E-state index contributed by atoms with van der Waals surface area (Å²) in [6, 6.07) is 7.02. The number of esters is 1. The van der Waals surface area contributed by atoms with Gasteiger partial charge in [-0.25, -0.2) is 14.4 Å². The molecule has 0 aliphatic carbocycles. The molecule has 1 aromatic carbocycles. The van der Waals surface area contributed by atoms with Crippen LogP contribution in [0.15, 0.2) is 30.3 Å². The first-order chi connectivity index (χ1) is 14.7. The minimum absolute atomic E-state index is 0.00107. The average molecular weight is 452 g/mol. The number of rotatable bonds is 10. The highest BCUT2D eigenvalue weighted by atomic mass is 16.6. The number of nitrogens with one attached hydrogen (secondary N) is 1. The number of aliphatic hydroxyl groups is 1. The molecule has 1 rings (SSSR count). The van der Waals surface area contributed by atoms with Gasteiger partial charge in [0.15, 0.2) is 0 Å². The van der Waals surface area contributed by atoms with Gasteiger partial charge < -0.3 is 30.9 Å². The third-order valence-electron chi connectivity index (χ3n) is 4.33. The topological polar surface area (TPSA) is 159 Å². The molecule has 0 aromatic heterocycles. The molecule has 0 aliphatic rings. The quantitative estimate of drug-likeness (QED) is 0.304. The third-order valence-corrected chi connectivity index (χ3v) is 4.33. The van der Waals surface area contributed by atoms with Gasteiger partial charge in [-0.2, -0.15) is 0 Å². The van der Waals surface area contributed by atoms with E-state index in [0.717, 1.165) is 10.5 Å². The molecule has 2 unspecified atom stereocenters. The number of urea groups is 1. The van der Waals surface area contributed by atoms with Gasteiger partial charge in [-0.1, -0.05) is 44.2 Å². The molecule has 5 N–H and O–H groups in total. The van der Waals surface area contributed by atoms with Crippen molar-refractivity contribution in [2.75, 3.05) is 13.1 Å². The molecule has 0 saturated carbocycles. The fourth-order valence-electron chi connectivity index (χ4n) is 2.84. The minimum Gasteiger partial charge on any atom is -0.479 e. The number of carboxylic acid groups (broad SMARTS) is 1. The fourth-order valence-corrected chi connectivity index (χ4v) is 2.84. The third kappa shape index (κ3) is 8.18. The smallest absolute Gasteiger partial charge is 0.347 e. The number of nitrogens with two attached hydrogens (primary N) is 1. The zero-order valence-corrected chi connectivity index (χ0v) is 19.1. The van der Waals surface area contributed by atoms with E-state index in [-0.39, 0.29) is 18.9 Å². The Kier molecular flexibility index (Phi) is 9.20. The predicted octanol–water partition coefficient (Wildman–Crippen LogP) is 0.908. The molecule has 0 aliphatic heterocycles. The van der Waals surface area contributed by atoms with Crippen LogP contribution >= 0.6 is 0 Å².